The number of aromatic nitrogens is 1. The predicted octanol–water partition coefficient (Wildman–Crippen LogP) is 1.35. The van der Waals surface area contributed by atoms with E-state index in [1.54, 1.807) is 6.07 Å². The molecule has 136 valence electrons. The number of nitrogens with one attached hydrogen (secondary N) is 2. The van der Waals surface area contributed by atoms with Crippen molar-refractivity contribution in [3.8, 4) is 5.75 Å². The zero-order valence-electron chi connectivity index (χ0n) is 14.5. The van der Waals surface area contributed by atoms with Crippen molar-refractivity contribution in [1.82, 2.24) is 10.3 Å². The van der Waals surface area contributed by atoms with Crippen LogP contribution in [0.25, 0.3) is 0 Å². The second-order valence-electron chi connectivity index (χ2n) is 6.43. The number of H-pyrrole nitrogens is 1. The highest BCUT2D eigenvalue weighted by Gasteiger charge is 2.25. The molecular weight excluding hydrogens is 334 g/mol. The zero-order valence-corrected chi connectivity index (χ0v) is 14.5. The molecule has 0 fully saturated rings. The number of hydrogen-bond acceptors (Lipinski definition) is 4. The van der Waals surface area contributed by atoms with Gasteiger partial charge in [-0.3, -0.25) is 14.4 Å². The van der Waals surface area contributed by atoms with Crippen molar-refractivity contribution in [2.24, 2.45) is 5.73 Å². The van der Waals surface area contributed by atoms with E-state index in [1.807, 2.05) is 25.1 Å². The van der Waals surface area contributed by atoms with Gasteiger partial charge in [-0.1, -0.05) is 12.1 Å². The van der Waals surface area contributed by atoms with Gasteiger partial charge in [0.15, 0.2) is 6.61 Å². The zero-order chi connectivity index (χ0) is 18.7. The van der Waals surface area contributed by atoms with Gasteiger partial charge in [0, 0.05) is 5.69 Å². The molecule has 1 atom stereocenters. The fourth-order valence-corrected chi connectivity index (χ4v) is 3.16. The second-order valence-corrected chi connectivity index (χ2v) is 6.43. The van der Waals surface area contributed by atoms with E-state index in [0.29, 0.717) is 18.6 Å². The van der Waals surface area contributed by atoms with Crippen LogP contribution in [0.3, 0.4) is 0 Å². The number of benzene rings is 1. The SMILES string of the molecule is Cc1cccc(OCC(=O)NC2CCCc3[nH]c(=O)c(C(N)=O)cc32)c1. The van der Waals surface area contributed by atoms with Crippen LogP contribution in [-0.4, -0.2) is 23.4 Å². The molecule has 0 saturated heterocycles. The van der Waals surface area contributed by atoms with Crippen molar-refractivity contribution >= 4 is 11.8 Å². The molecule has 1 aromatic heterocycles. The number of carbonyl (C=O) groups excluding carboxylic acids is 2. The highest BCUT2D eigenvalue weighted by Crippen LogP contribution is 2.28. The molecule has 0 bridgehead atoms. The lowest BCUT2D eigenvalue weighted by atomic mass is 9.90. The van der Waals surface area contributed by atoms with Crippen molar-refractivity contribution in [3.63, 3.8) is 0 Å². The van der Waals surface area contributed by atoms with Crippen LogP contribution in [0.4, 0.5) is 0 Å². The number of hydrogen-bond donors (Lipinski definition) is 3. The number of rotatable bonds is 5. The van der Waals surface area contributed by atoms with Gasteiger partial charge in [-0.2, -0.15) is 0 Å². The van der Waals surface area contributed by atoms with E-state index in [1.165, 1.54) is 6.07 Å². The van der Waals surface area contributed by atoms with E-state index >= 15 is 0 Å². The fraction of sp³-hybridized carbons (Fsp3) is 0.316. The Morgan fingerprint density at radius 2 is 2.15 bits per heavy atom. The molecule has 0 spiro atoms. The minimum absolute atomic E-state index is 0.0964. The summed E-state index contributed by atoms with van der Waals surface area (Å²) in [7, 11) is 0. The number of aryl methyl sites for hydroxylation is 2. The number of aromatic amines is 1. The molecule has 4 N–H and O–H groups in total. The van der Waals surface area contributed by atoms with E-state index in [-0.39, 0.29) is 24.1 Å². The average molecular weight is 355 g/mol. The van der Waals surface area contributed by atoms with Gasteiger partial charge in [0.2, 0.25) is 0 Å². The lowest BCUT2D eigenvalue weighted by Crippen LogP contribution is -2.36. The van der Waals surface area contributed by atoms with E-state index in [9.17, 15) is 14.4 Å². The molecule has 1 aliphatic rings. The summed E-state index contributed by atoms with van der Waals surface area (Å²) >= 11 is 0. The van der Waals surface area contributed by atoms with Gasteiger partial charge >= 0.3 is 0 Å². The molecule has 0 saturated carbocycles. The van der Waals surface area contributed by atoms with Crippen LogP contribution in [0.2, 0.25) is 0 Å². The Bertz CT molecular complexity index is 904. The minimum atomic E-state index is -0.785. The number of primary amides is 1. The molecule has 1 unspecified atom stereocenters. The summed E-state index contributed by atoms with van der Waals surface area (Å²) in [5.41, 5.74) is 7.17. The highest BCUT2D eigenvalue weighted by atomic mass is 16.5. The topological polar surface area (TPSA) is 114 Å². The number of ether oxygens (including phenoxy) is 1. The third-order valence-electron chi connectivity index (χ3n) is 4.41. The Kier molecular flexibility index (Phi) is 5.06. The minimum Gasteiger partial charge on any atom is -0.484 e. The quantitative estimate of drug-likeness (QED) is 0.751. The van der Waals surface area contributed by atoms with Crippen molar-refractivity contribution in [1.29, 1.82) is 0 Å². The van der Waals surface area contributed by atoms with Gasteiger partial charge in [0.25, 0.3) is 17.4 Å². The largest absolute Gasteiger partial charge is 0.484 e. The van der Waals surface area contributed by atoms with Crippen LogP contribution >= 0.6 is 0 Å². The molecule has 7 nitrogen and oxygen atoms in total. The number of pyridine rings is 1. The molecule has 1 aliphatic carbocycles. The Labute approximate surface area is 150 Å². The summed E-state index contributed by atoms with van der Waals surface area (Å²) in [5.74, 6) is -0.423. The third-order valence-corrected chi connectivity index (χ3v) is 4.41. The van der Waals surface area contributed by atoms with Crippen molar-refractivity contribution < 1.29 is 14.3 Å². The Morgan fingerprint density at radius 1 is 1.35 bits per heavy atom. The lowest BCUT2D eigenvalue weighted by molar-refractivity contribution is -0.124. The van der Waals surface area contributed by atoms with Crippen LogP contribution < -0.4 is 21.3 Å². The van der Waals surface area contributed by atoms with E-state index in [0.717, 1.165) is 23.2 Å². The maximum absolute atomic E-state index is 12.3. The summed E-state index contributed by atoms with van der Waals surface area (Å²) in [6.45, 7) is 1.84. The van der Waals surface area contributed by atoms with Gasteiger partial charge in [-0.25, -0.2) is 0 Å². The molecule has 0 aliphatic heterocycles. The molecule has 1 aromatic carbocycles. The first kappa shape index (κ1) is 17.7. The summed E-state index contributed by atoms with van der Waals surface area (Å²) in [4.78, 5) is 38.3. The monoisotopic (exact) mass is 355 g/mol. The molecule has 2 aromatic rings. The first-order valence-corrected chi connectivity index (χ1v) is 8.49. The Morgan fingerprint density at radius 3 is 2.88 bits per heavy atom. The third kappa shape index (κ3) is 3.93. The summed E-state index contributed by atoms with van der Waals surface area (Å²) < 4.78 is 5.52. The average Bonchev–Trinajstić information content (AvgIpc) is 2.59. The molecule has 3 rings (SSSR count). The van der Waals surface area contributed by atoms with Gasteiger partial charge in [-0.05, 0) is 55.5 Å². The van der Waals surface area contributed by atoms with Gasteiger partial charge in [0.1, 0.15) is 11.3 Å². The number of amides is 2. The van der Waals surface area contributed by atoms with Crippen molar-refractivity contribution in [2.75, 3.05) is 6.61 Å². The van der Waals surface area contributed by atoms with E-state index in [2.05, 4.69) is 10.3 Å². The number of nitrogens with two attached hydrogens (primary N) is 1. The van der Waals surface area contributed by atoms with Crippen LogP contribution in [0.1, 0.15) is 46.1 Å². The standard InChI is InChI=1S/C19H21N3O4/c1-11-4-2-5-12(8-11)26-10-17(23)21-15-6-3-7-16-13(15)9-14(18(20)24)19(25)22-16/h2,4-5,8-9,15H,3,6-7,10H2,1H3,(H2,20,24)(H,21,23)(H,22,25). The second kappa shape index (κ2) is 7.43. The Hall–Kier alpha value is -3.09. The molecule has 7 heteroatoms. The van der Waals surface area contributed by atoms with E-state index in [4.69, 9.17) is 10.5 Å². The first-order valence-electron chi connectivity index (χ1n) is 8.49. The van der Waals surface area contributed by atoms with Gasteiger partial charge in [-0.15, -0.1) is 0 Å². The summed E-state index contributed by atoms with van der Waals surface area (Å²) in [5, 5.41) is 2.91. The van der Waals surface area contributed by atoms with Crippen LogP contribution in [0, 0.1) is 6.92 Å². The molecule has 0 radical (unpaired) electrons. The van der Waals surface area contributed by atoms with Gasteiger partial charge < -0.3 is 20.8 Å². The van der Waals surface area contributed by atoms with Crippen LogP contribution in [-0.2, 0) is 11.2 Å². The van der Waals surface area contributed by atoms with Gasteiger partial charge in [0.05, 0.1) is 6.04 Å². The van der Waals surface area contributed by atoms with Crippen molar-refractivity contribution in [2.45, 2.75) is 32.2 Å². The number of fused-ring (bicyclic) bond motifs is 1. The predicted molar refractivity (Wildman–Crippen MR) is 96.1 cm³/mol. The number of carbonyl (C=O) groups is 2. The first-order chi connectivity index (χ1) is 12.4. The van der Waals surface area contributed by atoms with Crippen LogP contribution in [0.15, 0.2) is 35.1 Å². The smallest absolute Gasteiger partial charge is 0.261 e. The fourth-order valence-electron chi connectivity index (χ4n) is 3.16. The van der Waals surface area contributed by atoms with Crippen LogP contribution in [0.5, 0.6) is 5.75 Å². The lowest BCUT2D eigenvalue weighted by Gasteiger charge is -2.26. The summed E-state index contributed by atoms with van der Waals surface area (Å²) in [6.07, 6.45) is 2.23. The van der Waals surface area contributed by atoms with Crippen molar-refractivity contribution in [3.05, 3.63) is 63.1 Å². The summed E-state index contributed by atoms with van der Waals surface area (Å²) in [6, 6.07) is 8.65. The maximum atomic E-state index is 12.3. The normalized spacial score (nSPS) is 15.8. The maximum Gasteiger partial charge on any atom is 0.261 e. The molecule has 2 amide bonds. The van der Waals surface area contributed by atoms with E-state index < -0.39 is 11.5 Å². The Balaban J connectivity index is 1.71. The molecular formula is C19H21N3O4. The molecule has 26 heavy (non-hydrogen) atoms. The highest BCUT2D eigenvalue weighted by molar-refractivity contribution is 5.92. The molecule has 1 heterocycles.